The molecule has 0 unspecified atom stereocenters. The molecule has 5 rings (SSSR count). The number of para-hydroxylation sites is 1. The van der Waals surface area contributed by atoms with Crippen molar-refractivity contribution in [3.63, 3.8) is 0 Å². The Morgan fingerprint density at radius 3 is 2.42 bits per heavy atom. The highest BCUT2D eigenvalue weighted by Crippen LogP contribution is 2.40. The highest BCUT2D eigenvalue weighted by Gasteiger charge is 2.20. The van der Waals surface area contributed by atoms with Crippen LogP contribution in [0, 0.1) is 0 Å². The molecule has 1 aliphatic heterocycles. The second-order valence-corrected chi connectivity index (χ2v) is 8.82. The first-order valence-electron chi connectivity index (χ1n) is 12.5. The van der Waals surface area contributed by atoms with Crippen LogP contribution in [-0.2, 0) is 4.79 Å². The van der Waals surface area contributed by atoms with E-state index in [1.165, 1.54) is 0 Å². The lowest BCUT2D eigenvalue weighted by molar-refractivity contribution is -0.127. The van der Waals surface area contributed by atoms with E-state index >= 15 is 0 Å². The van der Waals surface area contributed by atoms with E-state index in [1.54, 1.807) is 39.8 Å². The van der Waals surface area contributed by atoms with Gasteiger partial charge in [0.2, 0.25) is 17.6 Å². The first kappa shape index (κ1) is 25.1. The van der Waals surface area contributed by atoms with Crippen molar-refractivity contribution in [2.45, 2.75) is 19.3 Å². The Morgan fingerprint density at radius 1 is 1.00 bits per heavy atom. The van der Waals surface area contributed by atoms with E-state index in [0.717, 1.165) is 31.6 Å². The van der Waals surface area contributed by atoms with Crippen LogP contribution in [0.3, 0.4) is 0 Å². The fraction of sp³-hybridized carbons (Fsp3) is 0.333. The van der Waals surface area contributed by atoms with Crippen molar-refractivity contribution in [1.82, 2.24) is 24.4 Å². The van der Waals surface area contributed by atoms with E-state index in [4.69, 9.17) is 24.2 Å². The van der Waals surface area contributed by atoms with E-state index in [1.807, 2.05) is 39.8 Å². The number of aromatic nitrogens is 4. The molecule has 0 spiro atoms. The fourth-order valence-corrected chi connectivity index (χ4v) is 4.56. The van der Waals surface area contributed by atoms with Gasteiger partial charge in [0.1, 0.15) is 6.33 Å². The molecule has 0 aliphatic carbocycles. The minimum absolute atomic E-state index is 0.230. The van der Waals surface area contributed by atoms with E-state index < -0.39 is 0 Å². The SMILES string of the molecule is COc1cc(Nc2nc(NCCCN3CCCC3=O)c3ncn(-c4ccccc4)c3n2)cc(OC)c1OC. The van der Waals surface area contributed by atoms with E-state index in [-0.39, 0.29) is 5.91 Å². The molecule has 198 valence electrons. The number of carbonyl (C=O) groups excluding carboxylic acids is 1. The summed E-state index contributed by atoms with van der Waals surface area (Å²) in [7, 11) is 4.70. The normalized spacial score (nSPS) is 13.1. The summed E-state index contributed by atoms with van der Waals surface area (Å²) in [6.45, 7) is 2.19. The zero-order valence-corrected chi connectivity index (χ0v) is 21.7. The van der Waals surface area contributed by atoms with Crippen LogP contribution in [0.15, 0.2) is 48.8 Å². The lowest BCUT2D eigenvalue weighted by atomic mass is 10.2. The molecule has 11 nitrogen and oxygen atoms in total. The summed E-state index contributed by atoms with van der Waals surface area (Å²) in [6.07, 6.45) is 4.12. The van der Waals surface area contributed by atoms with Gasteiger partial charge in [0.25, 0.3) is 0 Å². The molecule has 4 aromatic rings. The predicted molar refractivity (Wildman–Crippen MR) is 145 cm³/mol. The van der Waals surface area contributed by atoms with Gasteiger partial charge in [-0.2, -0.15) is 9.97 Å². The number of anilines is 3. The Hall–Kier alpha value is -4.54. The van der Waals surface area contributed by atoms with Gasteiger partial charge in [0.05, 0.1) is 21.3 Å². The number of benzene rings is 2. The average molecular weight is 518 g/mol. The van der Waals surface area contributed by atoms with Gasteiger partial charge >= 0.3 is 0 Å². The van der Waals surface area contributed by atoms with E-state index in [0.29, 0.717) is 58.8 Å². The molecule has 11 heteroatoms. The molecule has 0 radical (unpaired) electrons. The zero-order chi connectivity index (χ0) is 26.5. The summed E-state index contributed by atoms with van der Waals surface area (Å²) < 4.78 is 18.3. The van der Waals surface area contributed by atoms with Gasteiger partial charge in [0, 0.05) is 49.6 Å². The summed E-state index contributed by atoms with van der Waals surface area (Å²) in [4.78, 5) is 28.0. The van der Waals surface area contributed by atoms with Crippen molar-refractivity contribution in [3.05, 3.63) is 48.8 Å². The summed E-state index contributed by atoms with van der Waals surface area (Å²) >= 11 is 0. The summed E-state index contributed by atoms with van der Waals surface area (Å²) in [5, 5.41) is 6.68. The second-order valence-electron chi connectivity index (χ2n) is 8.82. The Kier molecular flexibility index (Phi) is 7.43. The first-order chi connectivity index (χ1) is 18.6. The molecule has 2 aromatic carbocycles. The number of hydrogen-bond acceptors (Lipinski definition) is 9. The van der Waals surface area contributed by atoms with Crippen LogP contribution in [0.25, 0.3) is 16.9 Å². The molecule has 1 aliphatic rings. The van der Waals surface area contributed by atoms with Crippen LogP contribution in [0.2, 0.25) is 0 Å². The lowest BCUT2D eigenvalue weighted by Gasteiger charge is -2.16. The molecule has 38 heavy (non-hydrogen) atoms. The third-order valence-corrected chi connectivity index (χ3v) is 6.42. The maximum Gasteiger partial charge on any atom is 0.231 e. The van der Waals surface area contributed by atoms with Crippen LogP contribution in [0.4, 0.5) is 17.5 Å². The van der Waals surface area contributed by atoms with Crippen molar-refractivity contribution in [1.29, 1.82) is 0 Å². The number of nitrogens with one attached hydrogen (secondary N) is 2. The van der Waals surface area contributed by atoms with Gasteiger partial charge in [0.15, 0.2) is 28.5 Å². The average Bonchev–Trinajstić information content (AvgIpc) is 3.56. The molecule has 2 N–H and O–H groups in total. The third-order valence-electron chi connectivity index (χ3n) is 6.42. The minimum Gasteiger partial charge on any atom is -0.493 e. The maximum absolute atomic E-state index is 11.9. The molecular weight excluding hydrogens is 486 g/mol. The van der Waals surface area contributed by atoms with Crippen LogP contribution >= 0.6 is 0 Å². The van der Waals surface area contributed by atoms with Crippen LogP contribution in [0.1, 0.15) is 19.3 Å². The number of amides is 1. The van der Waals surface area contributed by atoms with Crippen molar-refractivity contribution >= 4 is 34.5 Å². The number of fused-ring (bicyclic) bond motifs is 1. The molecule has 3 heterocycles. The number of likely N-dealkylation sites (tertiary alicyclic amines) is 1. The highest BCUT2D eigenvalue weighted by atomic mass is 16.5. The maximum atomic E-state index is 11.9. The van der Waals surface area contributed by atoms with Gasteiger partial charge in [-0.05, 0) is 25.0 Å². The smallest absolute Gasteiger partial charge is 0.231 e. The quantitative estimate of drug-likeness (QED) is 0.285. The van der Waals surface area contributed by atoms with Crippen molar-refractivity contribution in [2.24, 2.45) is 0 Å². The topological polar surface area (TPSA) is 116 Å². The molecule has 0 saturated carbocycles. The third kappa shape index (κ3) is 5.13. The molecule has 2 aromatic heterocycles. The Bertz CT molecular complexity index is 1400. The number of ether oxygens (including phenoxy) is 3. The van der Waals surface area contributed by atoms with E-state index in [9.17, 15) is 4.79 Å². The number of rotatable bonds is 11. The van der Waals surface area contributed by atoms with Crippen molar-refractivity contribution in [3.8, 4) is 22.9 Å². The van der Waals surface area contributed by atoms with Gasteiger partial charge < -0.3 is 29.7 Å². The standard InChI is InChI=1S/C27H31N7O4/c1-36-20-15-18(16-21(37-2)24(20)38-3)30-27-31-25(28-12-8-14-33-13-7-11-22(33)35)23-26(32-27)34(17-29-23)19-9-5-4-6-10-19/h4-6,9-10,15-17H,7-8,11-14H2,1-3H3,(H2,28,30,31,32). The Labute approximate surface area is 220 Å². The molecular formula is C27H31N7O4. The van der Waals surface area contributed by atoms with E-state index in [2.05, 4.69) is 15.6 Å². The summed E-state index contributed by atoms with van der Waals surface area (Å²) in [5.41, 5.74) is 2.91. The molecule has 1 amide bonds. The number of methoxy groups -OCH3 is 3. The molecule has 0 bridgehead atoms. The van der Waals surface area contributed by atoms with Crippen LogP contribution in [0.5, 0.6) is 17.2 Å². The Balaban J connectivity index is 1.46. The monoisotopic (exact) mass is 517 g/mol. The number of carbonyl (C=O) groups is 1. The van der Waals surface area contributed by atoms with Crippen LogP contribution in [-0.4, -0.2) is 71.3 Å². The summed E-state index contributed by atoms with van der Waals surface area (Å²) in [5.74, 6) is 2.74. The first-order valence-corrected chi connectivity index (χ1v) is 12.5. The highest BCUT2D eigenvalue weighted by molar-refractivity contribution is 5.86. The summed E-state index contributed by atoms with van der Waals surface area (Å²) in [6, 6.07) is 13.5. The second kappa shape index (κ2) is 11.2. The lowest BCUT2D eigenvalue weighted by Crippen LogP contribution is -2.27. The van der Waals surface area contributed by atoms with Gasteiger partial charge in [-0.15, -0.1) is 0 Å². The fourth-order valence-electron chi connectivity index (χ4n) is 4.56. The molecule has 0 atom stereocenters. The largest absolute Gasteiger partial charge is 0.493 e. The number of nitrogens with zero attached hydrogens (tertiary/aromatic N) is 5. The Morgan fingerprint density at radius 2 is 1.76 bits per heavy atom. The van der Waals surface area contributed by atoms with Gasteiger partial charge in [-0.25, -0.2) is 4.98 Å². The predicted octanol–water partition coefficient (Wildman–Crippen LogP) is 4.01. The molecule has 1 saturated heterocycles. The molecule has 1 fully saturated rings. The van der Waals surface area contributed by atoms with Crippen molar-refractivity contribution < 1.29 is 19.0 Å². The zero-order valence-electron chi connectivity index (χ0n) is 21.7. The van der Waals surface area contributed by atoms with Gasteiger partial charge in [-0.3, -0.25) is 9.36 Å². The van der Waals surface area contributed by atoms with Gasteiger partial charge in [-0.1, -0.05) is 18.2 Å². The van der Waals surface area contributed by atoms with Crippen LogP contribution < -0.4 is 24.8 Å². The minimum atomic E-state index is 0.230. The number of hydrogen-bond donors (Lipinski definition) is 2. The van der Waals surface area contributed by atoms with Crippen molar-refractivity contribution in [2.75, 3.05) is 51.6 Å². The number of imidazole rings is 1.